The van der Waals surface area contributed by atoms with Gasteiger partial charge in [-0.3, -0.25) is 9.59 Å². The standard InChI is InChI=1S/C19H20Cl2N2O3/c1-19(2,3)22(17(24)13-8-10-15(20)11-9-13)23(21)18(25)14-6-5-7-16(12-14)26-4/h5-12H,1-4H3. The van der Waals surface area contributed by atoms with Crippen molar-refractivity contribution in [2.24, 2.45) is 0 Å². The molecular weight excluding hydrogens is 375 g/mol. The predicted octanol–water partition coefficient (Wildman–Crippen LogP) is 4.80. The fraction of sp³-hybridized carbons (Fsp3) is 0.263. The van der Waals surface area contributed by atoms with Gasteiger partial charge in [0.05, 0.1) is 12.6 Å². The van der Waals surface area contributed by atoms with Crippen LogP contribution in [0, 0.1) is 0 Å². The van der Waals surface area contributed by atoms with Crippen LogP contribution in [0.3, 0.4) is 0 Å². The van der Waals surface area contributed by atoms with Gasteiger partial charge in [0.2, 0.25) is 0 Å². The fourth-order valence-electron chi connectivity index (χ4n) is 2.32. The van der Waals surface area contributed by atoms with Gasteiger partial charge in [-0.25, -0.2) is 5.01 Å². The molecule has 0 N–H and O–H groups in total. The van der Waals surface area contributed by atoms with E-state index in [1.807, 2.05) is 0 Å². The monoisotopic (exact) mass is 394 g/mol. The average molecular weight is 395 g/mol. The minimum absolute atomic E-state index is 0.303. The molecule has 0 aromatic heterocycles. The third-order valence-electron chi connectivity index (χ3n) is 3.58. The first kappa shape index (κ1) is 20.1. The van der Waals surface area contributed by atoms with E-state index in [9.17, 15) is 9.59 Å². The molecule has 2 aromatic rings. The van der Waals surface area contributed by atoms with Crippen molar-refractivity contribution < 1.29 is 14.3 Å². The molecule has 0 bridgehead atoms. The van der Waals surface area contributed by atoms with E-state index < -0.39 is 17.4 Å². The van der Waals surface area contributed by atoms with Crippen LogP contribution in [0.2, 0.25) is 5.02 Å². The second-order valence-electron chi connectivity index (χ2n) is 6.59. The number of benzene rings is 2. The van der Waals surface area contributed by atoms with Crippen LogP contribution in [0.25, 0.3) is 0 Å². The van der Waals surface area contributed by atoms with Crippen LogP contribution in [0.4, 0.5) is 0 Å². The summed E-state index contributed by atoms with van der Waals surface area (Å²) in [6, 6.07) is 13.0. The molecule has 138 valence electrons. The lowest BCUT2D eigenvalue weighted by Crippen LogP contribution is -2.54. The number of nitrogens with zero attached hydrogens (tertiary/aromatic N) is 2. The maximum Gasteiger partial charge on any atom is 0.287 e. The van der Waals surface area contributed by atoms with Crippen molar-refractivity contribution in [2.75, 3.05) is 7.11 Å². The largest absolute Gasteiger partial charge is 0.497 e. The van der Waals surface area contributed by atoms with Crippen LogP contribution in [0.5, 0.6) is 5.75 Å². The first-order chi connectivity index (χ1) is 12.1. The van der Waals surface area contributed by atoms with Crippen LogP contribution in [0.15, 0.2) is 48.5 Å². The van der Waals surface area contributed by atoms with E-state index in [1.165, 1.54) is 12.1 Å². The Balaban J connectivity index is 2.38. The summed E-state index contributed by atoms with van der Waals surface area (Å²) < 4.78 is 5.94. The SMILES string of the molecule is COc1cccc(C(=O)N(Cl)N(C(=O)c2ccc(Cl)cc2)C(C)(C)C)c1. The number of halogens is 2. The van der Waals surface area contributed by atoms with Crippen LogP contribution >= 0.6 is 23.4 Å². The second-order valence-corrected chi connectivity index (χ2v) is 7.35. The number of carbonyl (C=O) groups is 2. The molecule has 2 aromatic carbocycles. The minimum atomic E-state index is -0.743. The number of amides is 2. The van der Waals surface area contributed by atoms with Crippen molar-refractivity contribution in [3.05, 3.63) is 64.7 Å². The van der Waals surface area contributed by atoms with Gasteiger partial charge in [0, 0.05) is 27.9 Å². The van der Waals surface area contributed by atoms with Crippen molar-refractivity contribution in [3.8, 4) is 5.75 Å². The molecule has 26 heavy (non-hydrogen) atoms. The van der Waals surface area contributed by atoms with Gasteiger partial charge in [0.15, 0.2) is 0 Å². The molecule has 0 aliphatic carbocycles. The molecule has 0 unspecified atom stereocenters. The first-order valence-electron chi connectivity index (χ1n) is 7.89. The third kappa shape index (κ3) is 4.48. The second kappa shape index (κ2) is 7.98. The first-order valence-corrected chi connectivity index (χ1v) is 8.61. The molecule has 7 heteroatoms. The Bertz CT molecular complexity index is 801. The van der Waals surface area contributed by atoms with Gasteiger partial charge >= 0.3 is 0 Å². The third-order valence-corrected chi connectivity index (χ3v) is 4.14. The summed E-state index contributed by atoms with van der Waals surface area (Å²) >= 11 is 12.2. The Morgan fingerprint density at radius 3 is 2.12 bits per heavy atom. The lowest BCUT2D eigenvalue weighted by atomic mass is 10.1. The highest BCUT2D eigenvalue weighted by Crippen LogP contribution is 2.25. The summed E-state index contributed by atoms with van der Waals surface area (Å²) in [4.78, 5) is 25.8. The van der Waals surface area contributed by atoms with E-state index in [1.54, 1.807) is 69.3 Å². The maximum atomic E-state index is 13.0. The van der Waals surface area contributed by atoms with Crippen molar-refractivity contribution in [1.29, 1.82) is 0 Å². The Morgan fingerprint density at radius 2 is 1.58 bits per heavy atom. The zero-order valence-corrected chi connectivity index (χ0v) is 16.5. The fourth-order valence-corrected chi connectivity index (χ4v) is 2.83. The molecule has 0 saturated heterocycles. The van der Waals surface area contributed by atoms with E-state index in [0.29, 0.717) is 21.9 Å². The van der Waals surface area contributed by atoms with Crippen molar-refractivity contribution in [1.82, 2.24) is 9.54 Å². The van der Waals surface area contributed by atoms with E-state index in [4.69, 9.17) is 28.1 Å². The number of hydrogen-bond acceptors (Lipinski definition) is 3. The Kier molecular flexibility index (Phi) is 6.16. The topological polar surface area (TPSA) is 49.9 Å². The molecule has 0 fully saturated rings. The molecule has 0 atom stereocenters. The van der Waals surface area contributed by atoms with Crippen LogP contribution in [-0.4, -0.2) is 34.0 Å². The molecule has 2 rings (SSSR count). The Morgan fingerprint density at radius 1 is 0.962 bits per heavy atom. The van der Waals surface area contributed by atoms with E-state index in [2.05, 4.69) is 0 Å². The smallest absolute Gasteiger partial charge is 0.287 e. The Hall–Kier alpha value is -2.24. The summed E-state index contributed by atoms with van der Waals surface area (Å²) in [5, 5.41) is 1.72. The van der Waals surface area contributed by atoms with E-state index in [-0.39, 0.29) is 0 Å². The summed E-state index contributed by atoms with van der Waals surface area (Å²) in [6.07, 6.45) is 0. The summed E-state index contributed by atoms with van der Waals surface area (Å²) in [6.45, 7) is 5.36. The van der Waals surface area contributed by atoms with Crippen molar-refractivity contribution >= 4 is 35.2 Å². The highest BCUT2D eigenvalue weighted by molar-refractivity contribution is 6.30. The van der Waals surface area contributed by atoms with Crippen LogP contribution < -0.4 is 4.74 Å². The molecule has 0 heterocycles. The van der Waals surface area contributed by atoms with Gasteiger partial charge in [-0.1, -0.05) is 17.7 Å². The summed E-state index contributed by atoms with van der Waals surface area (Å²) in [7, 11) is 1.51. The van der Waals surface area contributed by atoms with Crippen molar-refractivity contribution in [3.63, 3.8) is 0 Å². The summed E-state index contributed by atoms with van der Waals surface area (Å²) in [5.41, 5.74) is -0.0709. The molecule has 0 aliphatic heterocycles. The van der Waals surface area contributed by atoms with Crippen LogP contribution in [0.1, 0.15) is 41.5 Å². The zero-order valence-electron chi connectivity index (χ0n) is 15.0. The van der Waals surface area contributed by atoms with Gasteiger partial charge in [-0.2, -0.15) is 4.53 Å². The summed E-state index contributed by atoms with van der Waals surface area (Å²) in [5.74, 6) is -0.435. The van der Waals surface area contributed by atoms with Gasteiger partial charge in [-0.15, -0.1) is 0 Å². The molecule has 5 nitrogen and oxygen atoms in total. The number of hydrogen-bond donors (Lipinski definition) is 0. The van der Waals surface area contributed by atoms with Gasteiger partial charge in [0.1, 0.15) is 5.75 Å². The number of hydrazine groups is 1. The van der Waals surface area contributed by atoms with Crippen molar-refractivity contribution in [2.45, 2.75) is 26.3 Å². The molecule has 2 amide bonds. The van der Waals surface area contributed by atoms with Gasteiger partial charge in [-0.05, 0) is 63.2 Å². The van der Waals surface area contributed by atoms with Gasteiger partial charge in [0.25, 0.3) is 11.8 Å². The van der Waals surface area contributed by atoms with E-state index >= 15 is 0 Å². The lowest BCUT2D eigenvalue weighted by Gasteiger charge is -2.39. The van der Waals surface area contributed by atoms with Crippen LogP contribution in [-0.2, 0) is 0 Å². The highest BCUT2D eigenvalue weighted by atomic mass is 35.5. The average Bonchev–Trinajstić information content (AvgIpc) is 2.60. The quantitative estimate of drug-likeness (QED) is 0.554. The predicted molar refractivity (Wildman–Crippen MR) is 102 cm³/mol. The highest BCUT2D eigenvalue weighted by Gasteiger charge is 2.35. The minimum Gasteiger partial charge on any atom is -0.497 e. The zero-order chi connectivity index (χ0) is 19.5. The number of ether oxygens (including phenoxy) is 1. The normalized spacial score (nSPS) is 11.0. The van der Waals surface area contributed by atoms with Gasteiger partial charge < -0.3 is 4.74 Å². The molecule has 0 saturated carbocycles. The maximum absolute atomic E-state index is 13.0. The molecule has 0 aliphatic rings. The number of carbonyl (C=O) groups excluding carboxylic acids is 2. The van der Waals surface area contributed by atoms with E-state index in [0.717, 1.165) is 4.53 Å². The lowest BCUT2D eigenvalue weighted by molar-refractivity contribution is -0.00371. The molecular formula is C19H20Cl2N2O3. The molecule has 0 spiro atoms. The number of rotatable bonds is 3. The Labute approximate surface area is 163 Å². The number of methoxy groups -OCH3 is 1. The molecule has 0 radical (unpaired) electrons.